The predicted octanol–water partition coefficient (Wildman–Crippen LogP) is 2.03. The molecule has 0 aliphatic rings. The van der Waals surface area contributed by atoms with Crippen molar-refractivity contribution in [2.24, 2.45) is 0 Å². The number of hydrogen-bond donors (Lipinski definition) is 0. The van der Waals surface area contributed by atoms with E-state index in [0.717, 1.165) is 18.5 Å². The van der Waals surface area contributed by atoms with E-state index in [0.29, 0.717) is 18.8 Å². The number of aromatic nitrogens is 2. The van der Waals surface area contributed by atoms with Crippen LogP contribution in [0.5, 0.6) is 0 Å². The minimum atomic E-state index is -0.283. The van der Waals surface area contributed by atoms with Crippen LogP contribution < -0.4 is 0 Å². The number of nitrogens with zero attached hydrogens (tertiary/aromatic N) is 2. The van der Waals surface area contributed by atoms with Gasteiger partial charge in [0.2, 0.25) is 0 Å². The zero-order valence-corrected chi connectivity index (χ0v) is 9.62. The molecule has 0 radical (unpaired) electrons. The minimum Gasteiger partial charge on any atom is -0.461 e. The molecule has 1 rings (SSSR count). The smallest absolute Gasteiger partial charge is 0.356 e. The number of carbonyl (C=O) groups is 1. The lowest BCUT2D eigenvalue weighted by Gasteiger charge is -2.02. The summed E-state index contributed by atoms with van der Waals surface area (Å²) < 4.78 is 6.66. The first-order valence-electron chi connectivity index (χ1n) is 5.46. The van der Waals surface area contributed by atoms with Crippen molar-refractivity contribution >= 4 is 5.97 Å². The Morgan fingerprint density at radius 3 is 2.73 bits per heavy atom. The molecule has 0 atom stereocenters. The fraction of sp³-hybridized carbons (Fsp3) is 0.636. The summed E-state index contributed by atoms with van der Waals surface area (Å²) in [7, 11) is 0. The summed E-state index contributed by atoms with van der Waals surface area (Å²) in [5.41, 5.74) is 1.52. The maximum absolute atomic E-state index is 11.6. The summed E-state index contributed by atoms with van der Waals surface area (Å²) in [6, 6.07) is 1.82. The molecule has 0 saturated carbocycles. The van der Waals surface area contributed by atoms with Crippen molar-refractivity contribution in [3.05, 3.63) is 17.5 Å². The quantitative estimate of drug-likeness (QED) is 0.698. The molecule has 0 aromatic carbocycles. The zero-order chi connectivity index (χ0) is 11.3. The largest absolute Gasteiger partial charge is 0.461 e. The lowest BCUT2D eigenvalue weighted by atomic mass is 10.2. The molecule has 0 N–H and O–H groups in total. The molecule has 0 aliphatic heterocycles. The van der Waals surface area contributed by atoms with Gasteiger partial charge in [-0.1, -0.05) is 13.3 Å². The monoisotopic (exact) mass is 210 g/mol. The van der Waals surface area contributed by atoms with Crippen LogP contribution in [0.25, 0.3) is 0 Å². The van der Waals surface area contributed by atoms with E-state index in [9.17, 15) is 4.79 Å². The molecule has 0 unspecified atom stereocenters. The second-order valence-electron chi connectivity index (χ2n) is 3.31. The van der Waals surface area contributed by atoms with Crippen LogP contribution in [0.1, 0.15) is 43.4 Å². The lowest BCUT2D eigenvalue weighted by Crippen LogP contribution is -2.12. The van der Waals surface area contributed by atoms with Crippen molar-refractivity contribution in [2.75, 3.05) is 6.61 Å². The van der Waals surface area contributed by atoms with Gasteiger partial charge in [0.1, 0.15) is 5.69 Å². The van der Waals surface area contributed by atoms with Crippen LogP contribution in [0.15, 0.2) is 6.07 Å². The van der Waals surface area contributed by atoms with Gasteiger partial charge in [-0.2, -0.15) is 5.10 Å². The van der Waals surface area contributed by atoms with Crippen molar-refractivity contribution < 1.29 is 9.53 Å². The van der Waals surface area contributed by atoms with Gasteiger partial charge in [0.05, 0.1) is 12.3 Å². The fourth-order valence-corrected chi connectivity index (χ4v) is 1.46. The Balaban J connectivity index is 2.89. The molecular weight excluding hydrogens is 192 g/mol. The van der Waals surface area contributed by atoms with E-state index >= 15 is 0 Å². The maximum atomic E-state index is 11.6. The highest BCUT2D eigenvalue weighted by molar-refractivity contribution is 5.87. The standard InChI is InChI=1S/C11H18N2O2/c1-4-7-9-8-10(11(14)15-6-3)13(5-2)12-9/h8H,4-7H2,1-3H3. The van der Waals surface area contributed by atoms with Crippen LogP contribution >= 0.6 is 0 Å². The summed E-state index contributed by atoms with van der Waals surface area (Å²) in [6.45, 7) is 6.95. The van der Waals surface area contributed by atoms with E-state index in [1.165, 1.54) is 0 Å². The van der Waals surface area contributed by atoms with Gasteiger partial charge in [0.15, 0.2) is 0 Å². The molecule has 0 amide bonds. The van der Waals surface area contributed by atoms with Gasteiger partial charge in [-0.15, -0.1) is 0 Å². The average Bonchev–Trinajstić information content (AvgIpc) is 2.62. The van der Waals surface area contributed by atoms with Crippen molar-refractivity contribution in [3.63, 3.8) is 0 Å². The van der Waals surface area contributed by atoms with Crippen LogP contribution in [0.4, 0.5) is 0 Å². The Labute approximate surface area is 90.2 Å². The molecule has 1 aromatic heterocycles. The third-order valence-electron chi connectivity index (χ3n) is 2.12. The van der Waals surface area contributed by atoms with E-state index in [1.54, 1.807) is 11.6 Å². The average molecular weight is 210 g/mol. The van der Waals surface area contributed by atoms with Crippen LogP contribution in [0.3, 0.4) is 0 Å². The summed E-state index contributed by atoms with van der Waals surface area (Å²) in [5.74, 6) is -0.283. The molecule has 0 saturated heterocycles. The Hall–Kier alpha value is -1.32. The molecule has 4 heteroatoms. The van der Waals surface area contributed by atoms with Crippen LogP contribution in [0.2, 0.25) is 0 Å². The second-order valence-corrected chi connectivity index (χ2v) is 3.31. The molecule has 1 heterocycles. The molecule has 0 aliphatic carbocycles. The second kappa shape index (κ2) is 5.53. The fourth-order valence-electron chi connectivity index (χ4n) is 1.46. The molecule has 1 aromatic rings. The molecule has 0 fully saturated rings. The Morgan fingerprint density at radius 2 is 2.20 bits per heavy atom. The summed E-state index contributed by atoms with van der Waals surface area (Å²) in [4.78, 5) is 11.6. The van der Waals surface area contributed by atoms with Crippen LogP contribution in [-0.4, -0.2) is 22.4 Å². The van der Waals surface area contributed by atoms with E-state index in [4.69, 9.17) is 4.74 Å². The predicted molar refractivity (Wildman–Crippen MR) is 57.9 cm³/mol. The third-order valence-corrected chi connectivity index (χ3v) is 2.12. The molecule has 84 valence electrons. The topological polar surface area (TPSA) is 44.1 Å². The number of hydrogen-bond acceptors (Lipinski definition) is 3. The van der Waals surface area contributed by atoms with E-state index in [2.05, 4.69) is 12.0 Å². The number of esters is 1. The van der Waals surface area contributed by atoms with Gasteiger partial charge in [-0.05, 0) is 26.3 Å². The van der Waals surface area contributed by atoms with Gasteiger partial charge in [-0.25, -0.2) is 4.79 Å². The highest BCUT2D eigenvalue weighted by Gasteiger charge is 2.14. The number of carbonyl (C=O) groups excluding carboxylic acids is 1. The highest BCUT2D eigenvalue weighted by Crippen LogP contribution is 2.08. The van der Waals surface area contributed by atoms with Gasteiger partial charge < -0.3 is 4.74 Å². The summed E-state index contributed by atoms with van der Waals surface area (Å²) in [5, 5.41) is 4.34. The number of rotatable bonds is 5. The Kier molecular flexibility index (Phi) is 4.34. The minimum absolute atomic E-state index is 0.283. The molecule has 0 spiro atoms. The van der Waals surface area contributed by atoms with Crippen molar-refractivity contribution in [3.8, 4) is 0 Å². The van der Waals surface area contributed by atoms with Gasteiger partial charge in [0.25, 0.3) is 0 Å². The molecule has 0 bridgehead atoms. The normalized spacial score (nSPS) is 10.3. The van der Waals surface area contributed by atoms with E-state index < -0.39 is 0 Å². The summed E-state index contributed by atoms with van der Waals surface area (Å²) in [6.07, 6.45) is 1.93. The first kappa shape index (κ1) is 11.8. The number of aryl methyl sites for hydroxylation is 2. The van der Waals surface area contributed by atoms with E-state index in [-0.39, 0.29) is 5.97 Å². The number of ether oxygens (including phenoxy) is 1. The van der Waals surface area contributed by atoms with Gasteiger partial charge in [0, 0.05) is 6.54 Å². The first-order chi connectivity index (χ1) is 7.22. The Morgan fingerprint density at radius 1 is 1.47 bits per heavy atom. The summed E-state index contributed by atoms with van der Waals surface area (Å²) >= 11 is 0. The third kappa shape index (κ3) is 2.81. The first-order valence-corrected chi connectivity index (χ1v) is 5.46. The molecular formula is C11H18N2O2. The molecule has 4 nitrogen and oxygen atoms in total. The van der Waals surface area contributed by atoms with Gasteiger partial charge >= 0.3 is 5.97 Å². The zero-order valence-electron chi connectivity index (χ0n) is 9.62. The van der Waals surface area contributed by atoms with E-state index in [1.807, 2.05) is 13.0 Å². The SMILES string of the molecule is CCCc1cc(C(=O)OCC)n(CC)n1. The molecule has 15 heavy (non-hydrogen) atoms. The highest BCUT2D eigenvalue weighted by atomic mass is 16.5. The van der Waals surface area contributed by atoms with Gasteiger partial charge in [-0.3, -0.25) is 4.68 Å². The maximum Gasteiger partial charge on any atom is 0.356 e. The van der Waals surface area contributed by atoms with Crippen LogP contribution in [-0.2, 0) is 17.7 Å². The van der Waals surface area contributed by atoms with Crippen molar-refractivity contribution in [1.82, 2.24) is 9.78 Å². The Bertz CT molecular complexity index is 331. The van der Waals surface area contributed by atoms with Crippen molar-refractivity contribution in [2.45, 2.75) is 40.2 Å². The van der Waals surface area contributed by atoms with Crippen molar-refractivity contribution in [1.29, 1.82) is 0 Å². The van der Waals surface area contributed by atoms with Crippen LogP contribution in [0, 0.1) is 0 Å². The lowest BCUT2D eigenvalue weighted by molar-refractivity contribution is 0.0512.